The van der Waals surface area contributed by atoms with Gasteiger partial charge in [-0.25, -0.2) is 4.79 Å². The zero-order valence-corrected chi connectivity index (χ0v) is 14.6. The lowest BCUT2D eigenvalue weighted by Gasteiger charge is -2.34. The van der Waals surface area contributed by atoms with E-state index in [1.165, 1.54) is 5.56 Å². The number of rotatable bonds is 3. The minimum Gasteiger partial charge on any atom is -0.486 e. The van der Waals surface area contributed by atoms with Crippen LogP contribution in [0.3, 0.4) is 0 Å². The summed E-state index contributed by atoms with van der Waals surface area (Å²) >= 11 is 6.09. The van der Waals surface area contributed by atoms with Crippen LogP contribution < -0.4 is 15.0 Å². The molecule has 126 valence electrons. The molecule has 0 saturated carbocycles. The zero-order chi connectivity index (χ0) is 17.1. The van der Waals surface area contributed by atoms with Crippen LogP contribution in [0.2, 0.25) is 5.02 Å². The number of fused-ring (bicyclic) bond motifs is 1. The van der Waals surface area contributed by atoms with Crippen molar-refractivity contribution in [1.82, 2.24) is 5.32 Å². The highest BCUT2D eigenvalue weighted by Crippen LogP contribution is 2.36. The van der Waals surface area contributed by atoms with Crippen LogP contribution in [-0.4, -0.2) is 18.7 Å². The van der Waals surface area contributed by atoms with Crippen molar-refractivity contribution in [2.24, 2.45) is 0 Å². The van der Waals surface area contributed by atoms with Crippen LogP contribution in [0, 0.1) is 6.92 Å². The number of urea groups is 1. The molecule has 0 saturated heterocycles. The van der Waals surface area contributed by atoms with E-state index < -0.39 is 0 Å². The van der Waals surface area contributed by atoms with Gasteiger partial charge in [-0.2, -0.15) is 0 Å². The van der Waals surface area contributed by atoms with Gasteiger partial charge in [-0.05, 0) is 37.1 Å². The minimum atomic E-state index is -0.138. The highest BCUT2D eigenvalue weighted by atomic mass is 35.5. The number of nitrogens with zero attached hydrogens (tertiary/aromatic N) is 1. The summed E-state index contributed by atoms with van der Waals surface area (Å²) in [4.78, 5) is 14.4. The van der Waals surface area contributed by atoms with Crippen molar-refractivity contribution in [3.05, 3.63) is 58.6 Å². The number of carbonyl (C=O) groups is 1. The van der Waals surface area contributed by atoms with Gasteiger partial charge in [0.15, 0.2) is 0 Å². The summed E-state index contributed by atoms with van der Waals surface area (Å²) in [5.41, 5.74) is 2.99. The smallest absolute Gasteiger partial charge is 0.322 e. The fraction of sp³-hybridized carbons (Fsp3) is 0.316. The number of hydrogen-bond acceptors (Lipinski definition) is 2. The first kappa shape index (κ1) is 16.7. The molecule has 0 aliphatic carbocycles. The van der Waals surface area contributed by atoms with Crippen molar-refractivity contribution >= 4 is 23.3 Å². The van der Waals surface area contributed by atoms with E-state index in [0.29, 0.717) is 29.5 Å². The van der Waals surface area contributed by atoms with E-state index in [-0.39, 0.29) is 12.1 Å². The summed E-state index contributed by atoms with van der Waals surface area (Å²) in [6, 6.07) is 13.4. The van der Waals surface area contributed by atoms with Gasteiger partial charge in [-0.15, -0.1) is 0 Å². The Labute approximate surface area is 147 Å². The van der Waals surface area contributed by atoms with E-state index in [1.807, 2.05) is 44.2 Å². The molecule has 2 aromatic rings. The topological polar surface area (TPSA) is 41.6 Å². The standard InChI is InChI=1S/C19H21ClN2O2/c1-3-16-12-22(17-10-15(20)8-9-18(17)24-16)19(23)21-11-14-6-4-13(2)5-7-14/h4-10,16H,3,11-12H2,1-2H3,(H,21,23)/t16-/m1/s1. The maximum Gasteiger partial charge on any atom is 0.322 e. The molecular weight excluding hydrogens is 324 g/mol. The van der Waals surface area contributed by atoms with Gasteiger partial charge >= 0.3 is 6.03 Å². The number of nitrogens with one attached hydrogen (secondary N) is 1. The molecule has 4 nitrogen and oxygen atoms in total. The molecule has 3 rings (SSSR count). The van der Waals surface area contributed by atoms with Gasteiger partial charge in [0, 0.05) is 11.6 Å². The number of amides is 2. The fourth-order valence-corrected chi connectivity index (χ4v) is 2.87. The molecule has 0 unspecified atom stereocenters. The molecule has 2 aromatic carbocycles. The molecule has 1 aliphatic rings. The number of halogens is 1. The van der Waals surface area contributed by atoms with Gasteiger partial charge in [0.2, 0.25) is 0 Å². The quantitative estimate of drug-likeness (QED) is 0.888. The van der Waals surface area contributed by atoms with E-state index in [2.05, 4.69) is 5.32 Å². The molecule has 1 aliphatic heterocycles. The fourth-order valence-electron chi connectivity index (χ4n) is 2.70. The number of carbonyl (C=O) groups excluding carboxylic acids is 1. The first-order valence-electron chi connectivity index (χ1n) is 8.14. The lowest BCUT2D eigenvalue weighted by atomic mass is 10.1. The number of benzene rings is 2. The second-order valence-corrected chi connectivity index (χ2v) is 6.45. The van der Waals surface area contributed by atoms with Gasteiger partial charge in [-0.3, -0.25) is 4.90 Å². The first-order chi connectivity index (χ1) is 11.6. The Bertz CT molecular complexity index is 731. The predicted molar refractivity (Wildman–Crippen MR) is 96.9 cm³/mol. The van der Waals surface area contributed by atoms with Crippen molar-refractivity contribution in [2.45, 2.75) is 32.9 Å². The lowest BCUT2D eigenvalue weighted by Crippen LogP contribution is -2.47. The van der Waals surface area contributed by atoms with E-state index in [4.69, 9.17) is 16.3 Å². The molecule has 0 radical (unpaired) electrons. The third-order valence-corrected chi connectivity index (χ3v) is 4.39. The molecular formula is C19H21ClN2O2. The summed E-state index contributed by atoms with van der Waals surface area (Å²) in [5, 5.41) is 3.57. The highest BCUT2D eigenvalue weighted by Gasteiger charge is 2.29. The lowest BCUT2D eigenvalue weighted by molar-refractivity contribution is 0.186. The van der Waals surface area contributed by atoms with Gasteiger partial charge in [-0.1, -0.05) is 48.4 Å². The second-order valence-electron chi connectivity index (χ2n) is 6.02. The van der Waals surface area contributed by atoms with Crippen molar-refractivity contribution in [1.29, 1.82) is 0 Å². The monoisotopic (exact) mass is 344 g/mol. The molecule has 5 heteroatoms. The summed E-state index contributed by atoms with van der Waals surface area (Å²) in [5.74, 6) is 0.697. The average molecular weight is 345 g/mol. The van der Waals surface area contributed by atoms with Gasteiger partial charge in [0.1, 0.15) is 11.9 Å². The van der Waals surface area contributed by atoms with Gasteiger partial charge in [0.25, 0.3) is 0 Å². The van der Waals surface area contributed by atoms with Crippen LogP contribution in [0.5, 0.6) is 5.75 Å². The summed E-state index contributed by atoms with van der Waals surface area (Å²) in [6.07, 6.45) is 0.827. The Morgan fingerprint density at radius 3 is 2.75 bits per heavy atom. The van der Waals surface area contributed by atoms with Crippen LogP contribution in [0.15, 0.2) is 42.5 Å². The zero-order valence-electron chi connectivity index (χ0n) is 13.9. The van der Waals surface area contributed by atoms with E-state index in [0.717, 1.165) is 12.0 Å². The largest absolute Gasteiger partial charge is 0.486 e. The normalized spacial score (nSPS) is 16.3. The second kappa shape index (κ2) is 7.14. The van der Waals surface area contributed by atoms with Crippen LogP contribution in [0.25, 0.3) is 0 Å². The average Bonchev–Trinajstić information content (AvgIpc) is 2.60. The molecule has 0 bridgehead atoms. The number of ether oxygens (including phenoxy) is 1. The molecule has 1 N–H and O–H groups in total. The molecule has 0 spiro atoms. The van der Waals surface area contributed by atoms with Crippen molar-refractivity contribution in [3.63, 3.8) is 0 Å². The van der Waals surface area contributed by atoms with Crippen LogP contribution in [-0.2, 0) is 6.54 Å². The van der Waals surface area contributed by atoms with Crippen LogP contribution in [0.1, 0.15) is 24.5 Å². The molecule has 0 aromatic heterocycles. The third kappa shape index (κ3) is 3.65. The summed E-state index contributed by atoms with van der Waals surface area (Å²) < 4.78 is 5.91. The van der Waals surface area contributed by atoms with E-state index >= 15 is 0 Å². The summed E-state index contributed by atoms with van der Waals surface area (Å²) in [6.45, 7) is 5.10. The molecule has 0 fully saturated rings. The Kier molecular flexibility index (Phi) is 4.95. The maximum atomic E-state index is 12.7. The number of aryl methyl sites for hydroxylation is 1. The van der Waals surface area contributed by atoms with Crippen molar-refractivity contribution in [3.8, 4) is 5.75 Å². The Balaban J connectivity index is 1.76. The number of anilines is 1. The molecule has 2 amide bonds. The maximum absolute atomic E-state index is 12.7. The van der Waals surface area contributed by atoms with Crippen molar-refractivity contribution in [2.75, 3.05) is 11.4 Å². The minimum absolute atomic E-state index is 0.0104. The van der Waals surface area contributed by atoms with E-state index in [1.54, 1.807) is 17.0 Å². The molecule has 1 atom stereocenters. The van der Waals surface area contributed by atoms with Crippen LogP contribution >= 0.6 is 11.6 Å². The highest BCUT2D eigenvalue weighted by molar-refractivity contribution is 6.31. The first-order valence-corrected chi connectivity index (χ1v) is 8.51. The third-order valence-electron chi connectivity index (χ3n) is 4.16. The number of hydrogen-bond donors (Lipinski definition) is 1. The summed E-state index contributed by atoms with van der Waals surface area (Å²) in [7, 11) is 0. The van der Waals surface area contributed by atoms with Crippen molar-refractivity contribution < 1.29 is 9.53 Å². The molecule has 24 heavy (non-hydrogen) atoms. The SMILES string of the molecule is CC[C@@H]1CN(C(=O)NCc2ccc(C)cc2)c2cc(Cl)ccc2O1. The Morgan fingerprint density at radius 2 is 2.04 bits per heavy atom. The Morgan fingerprint density at radius 1 is 1.29 bits per heavy atom. The molecule has 1 heterocycles. The van der Waals surface area contributed by atoms with Gasteiger partial charge < -0.3 is 10.1 Å². The predicted octanol–water partition coefficient (Wildman–Crippen LogP) is 4.54. The van der Waals surface area contributed by atoms with E-state index in [9.17, 15) is 4.79 Å². The van der Waals surface area contributed by atoms with Gasteiger partial charge in [0.05, 0.1) is 12.2 Å². The van der Waals surface area contributed by atoms with Crippen LogP contribution in [0.4, 0.5) is 10.5 Å². The Hall–Kier alpha value is -2.20.